The maximum atomic E-state index is 5.31. The van der Waals surface area contributed by atoms with Crippen molar-refractivity contribution >= 4 is 28.8 Å². The molecular formula is C15H17N3OS. The lowest BCUT2D eigenvalue weighted by Crippen LogP contribution is -2.20. The highest BCUT2D eigenvalue weighted by Gasteiger charge is 2.06. The van der Waals surface area contributed by atoms with Gasteiger partial charge in [0.1, 0.15) is 11.6 Å². The molecule has 0 saturated carbocycles. The SMILES string of the molecule is COc1ccc(C)cc1NC(=S)Nc1cc(C)ccn1. The number of hydrogen-bond donors (Lipinski definition) is 2. The van der Waals surface area contributed by atoms with Gasteiger partial charge in [-0.25, -0.2) is 4.98 Å². The molecule has 1 heterocycles. The van der Waals surface area contributed by atoms with Gasteiger partial charge in [-0.15, -0.1) is 0 Å². The predicted molar refractivity (Wildman–Crippen MR) is 86.5 cm³/mol. The molecule has 2 rings (SSSR count). The number of anilines is 2. The van der Waals surface area contributed by atoms with Gasteiger partial charge in [0.25, 0.3) is 0 Å². The van der Waals surface area contributed by atoms with Crippen molar-refractivity contribution in [1.29, 1.82) is 0 Å². The molecule has 20 heavy (non-hydrogen) atoms. The Bertz CT molecular complexity index is 628. The molecule has 0 radical (unpaired) electrons. The van der Waals surface area contributed by atoms with E-state index in [1.54, 1.807) is 13.3 Å². The highest BCUT2D eigenvalue weighted by atomic mass is 32.1. The molecule has 0 bridgehead atoms. The third-order valence-corrected chi connectivity index (χ3v) is 2.96. The number of pyridine rings is 1. The quantitative estimate of drug-likeness (QED) is 0.846. The molecule has 0 atom stereocenters. The molecule has 0 aliphatic heterocycles. The van der Waals surface area contributed by atoms with Gasteiger partial charge in [-0.2, -0.15) is 0 Å². The Morgan fingerprint density at radius 3 is 2.55 bits per heavy atom. The smallest absolute Gasteiger partial charge is 0.176 e. The lowest BCUT2D eigenvalue weighted by atomic mass is 10.2. The van der Waals surface area contributed by atoms with E-state index in [9.17, 15) is 0 Å². The van der Waals surface area contributed by atoms with Crippen LogP contribution in [-0.4, -0.2) is 17.2 Å². The molecule has 2 N–H and O–H groups in total. The molecule has 0 unspecified atom stereocenters. The number of nitrogens with zero attached hydrogens (tertiary/aromatic N) is 1. The molecule has 1 aromatic carbocycles. The summed E-state index contributed by atoms with van der Waals surface area (Å²) in [5.74, 6) is 1.46. The molecule has 0 spiro atoms. The Kier molecular flexibility index (Phi) is 4.53. The molecule has 4 nitrogen and oxygen atoms in total. The van der Waals surface area contributed by atoms with Crippen LogP contribution in [0.2, 0.25) is 0 Å². The van der Waals surface area contributed by atoms with Gasteiger partial charge >= 0.3 is 0 Å². The summed E-state index contributed by atoms with van der Waals surface area (Å²) >= 11 is 5.29. The minimum atomic E-state index is 0.479. The van der Waals surface area contributed by atoms with E-state index >= 15 is 0 Å². The van der Waals surface area contributed by atoms with Gasteiger partial charge in [0, 0.05) is 6.20 Å². The van der Waals surface area contributed by atoms with Crippen LogP contribution in [0.25, 0.3) is 0 Å². The molecule has 0 amide bonds. The number of hydrogen-bond acceptors (Lipinski definition) is 3. The van der Waals surface area contributed by atoms with Gasteiger partial charge < -0.3 is 15.4 Å². The molecule has 5 heteroatoms. The average molecular weight is 287 g/mol. The summed E-state index contributed by atoms with van der Waals surface area (Å²) < 4.78 is 5.31. The van der Waals surface area contributed by atoms with Crippen molar-refractivity contribution in [2.75, 3.05) is 17.7 Å². The van der Waals surface area contributed by atoms with Crippen molar-refractivity contribution in [3.05, 3.63) is 47.7 Å². The van der Waals surface area contributed by atoms with Crippen LogP contribution in [0.15, 0.2) is 36.5 Å². The fourth-order valence-electron chi connectivity index (χ4n) is 1.79. The fraction of sp³-hybridized carbons (Fsp3) is 0.200. The fourth-order valence-corrected chi connectivity index (χ4v) is 2.01. The third kappa shape index (κ3) is 3.68. The summed E-state index contributed by atoms with van der Waals surface area (Å²) in [7, 11) is 1.63. The Morgan fingerprint density at radius 1 is 1.10 bits per heavy atom. The van der Waals surface area contributed by atoms with Crippen LogP contribution in [0, 0.1) is 13.8 Å². The molecule has 0 saturated heterocycles. The first-order chi connectivity index (χ1) is 9.58. The van der Waals surface area contributed by atoms with Gasteiger partial charge in [0.15, 0.2) is 5.11 Å². The number of nitrogens with one attached hydrogen (secondary N) is 2. The summed E-state index contributed by atoms with van der Waals surface area (Å²) in [6.45, 7) is 4.02. The highest BCUT2D eigenvalue weighted by molar-refractivity contribution is 7.80. The number of aromatic nitrogens is 1. The Balaban J connectivity index is 2.10. The first-order valence-electron chi connectivity index (χ1n) is 6.24. The van der Waals surface area contributed by atoms with Crippen molar-refractivity contribution in [3.8, 4) is 5.75 Å². The first-order valence-corrected chi connectivity index (χ1v) is 6.64. The number of benzene rings is 1. The summed E-state index contributed by atoms with van der Waals surface area (Å²) in [5.41, 5.74) is 3.08. The van der Waals surface area contributed by atoms with Gasteiger partial charge in [0.05, 0.1) is 12.8 Å². The Morgan fingerprint density at radius 2 is 1.85 bits per heavy atom. The van der Waals surface area contributed by atoms with E-state index in [0.29, 0.717) is 10.9 Å². The van der Waals surface area contributed by atoms with E-state index in [1.807, 2.05) is 44.2 Å². The van der Waals surface area contributed by atoms with Crippen LogP contribution < -0.4 is 15.4 Å². The largest absolute Gasteiger partial charge is 0.495 e. The van der Waals surface area contributed by atoms with E-state index in [1.165, 1.54) is 0 Å². The second kappa shape index (κ2) is 6.34. The third-order valence-electron chi connectivity index (χ3n) is 2.76. The van der Waals surface area contributed by atoms with Crippen LogP contribution in [-0.2, 0) is 0 Å². The molecule has 104 valence electrons. The second-order valence-corrected chi connectivity index (χ2v) is 4.91. The number of aryl methyl sites for hydroxylation is 2. The van der Waals surface area contributed by atoms with Crippen molar-refractivity contribution < 1.29 is 4.74 Å². The summed E-state index contributed by atoms with van der Waals surface area (Å²) in [6.07, 6.45) is 1.74. The van der Waals surface area contributed by atoms with Crippen molar-refractivity contribution in [2.45, 2.75) is 13.8 Å². The Labute approximate surface area is 124 Å². The zero-order valence-corrected chi connectivity index (χ0v) is 12.5. The zero-order valence-electron chi connectivity index (χ0n) is 11.7. The first kappa shape index (κ1) is 14.3. The van der Waals surface area contributed by atoms with Crippen LogP contribution in [0.3, 0.4) is 0 Å². The minimum absolute atomic E-state index is 0.479. The average Bonchev–Trinajstić information content (AvgIpc) is 2.38. The van der Waals surface area contributed by atoms with E-state index in [4.69, 9.17) is 17.0 Å². The summed E-state index contributed by atoms with van der Waals surface area (Å²) in [4.78, 5) is 4.21. The predicted octanol–water partition coefficient (Wildman–Crippen LogP) is 3.52. The lowest BCUT2D eigenvalue weighted by molar-refractivity contribution is 0.417. The molecule has 2 aromatic rings. The van der Waals surface area contributed by atoms with E-state index in [0.717, 1.165) is 22.6 Å². The van der Waals surface area contributed by atoms with Crippen molar-refractivity contribution in [3.63, 3.8) is 0 Å². The lowest BCUT2D eigenvalue weighted by Gasteiger charge is -2.13. The number of ether oxygens (including phenoxy) is 1. The van der Waals surface area contributed by atoms with Crippen LogP contribution >= 0.6 is 12.2 Å². The normalized spacial score (nSPS) is 9.95. The van der Waals surface area contributed by atoms with Crippen LogP contribution in [0.5, 0.6) is 5.75 Å². The Hall–Kier alpha value is -2.14. The van der Waals surface area contributed by atoms with Crippen LogP contribution in [0.1, 0.15) is 11.1 Å². The van der Waals surface area contributed by atoms with E-state index in [2.05, 4.69) is 15.6 Å². The zero-order chi connectivity index (χ0) is 14.5. The number of thiocarbonyl (C=S) groups is 1. The second-order valence-electron chi connectivity index (χ2n) is 4.50. The van der Waals surface area contributed by atoms with Gasteiger partial charge in [-0.1, -0.05) is 6.07 Å². The monoisotopic (exact) mass is 287 g/mol. The van der Waals surface area contributed by atoms with Crippen molar-refractivity contribution in [2.24, 2.45) is 0 Å². The standard InChI is InChI=1S/C15H17N3OS/c1-10-4-5-13(19-3)12(8-10)17-15(20)18-14-9-11(2)6-7-16-14/h4-9H,1-3H3,(H2,16,17,18,20). The maximum Gasteiger partial charge on any atom is 0.176 e. The van der Waals surface area contributed by atoms with Gasteiger partial charge in [0.2, 0.25) is 0 Å². The summed E-state index contributed by atoms with van der Waals surface area (Å²) in [5, 5.41) is 6.66. The van der Waals surface area contributed by atoms with Gasteiger partial charge in [-0.3, -0.25) is 0 Å². The molecule has 0 aliphatic carbocycles. The van der Waals surface area contributed by atoms with Crippen LogP contribution in [0.4, 0.5) is 11.5 Å². The molecule has 0 aliphatic rings. The van der Waals surface area contributed by atoms with Gasteiger partial charge in [-0.05, 0) is 61.5 Å². The molecule has 0 fully saturated rings. The van der Waals surface area contributed by atoms with E-state index < -0.39 is 0 Å². The number of rotatable bonds is 3. The summed E-state index contributed by atoms with van der Waals surface area (Å²) in [6, 6.07) is 9.75. The van der Waals surface area contributed by atoms with Crippen molar-refractivity contribution in [1.82, 2.24) is 4.98 Å². The topological polar surface area (TPSA) is 46.2 Å². The maximum absolute atomic E-state index is 5.31. The van der Waals surface area contributed by atoms with E-state index in [-0.39, 0.29) is 0 Å². The molecule has 1 aromatic heterocycles. The highest BCUT2D eigenvalue weighted by Crippen LogP contribution is 2.25. The number of methoxy groups -OCH3 is 1. The minimum Gasteiger partial charge on any atom is -0.495 e. The molecular weight excluding hydrogens is 270 g/mol.